The molecule has 0 saturated carbocycles. The topological polar surface area (TPSA) is 6.48 Å². The van der Waals surface area contributed by atoms with Gasteiger partial charge in [-0.05, 0) is 76.5 Å². The zero-order valence-corrected chi connectivity index (χ0v) is 25.3. The molecule has 2 heteroatoms. The van der Waals surface area contributed by atoms with Crippen molar-refractivity contribution >= 4 is 0 Å². The van der Waals surface area contributed by atoms with E-state index >= 15 is 0 Å². The molecule has 0 bridgehead atoms. The highest BCUT2D eigenvalue weighted by Crippen LogP contribution is 2.23. The van der Waals surface area contributed by atoms with Crippen molar-refractivity contribution in [3.63, 3.8) is 0 Å². The highest BCUT2D eigenvalue weighted by atomic mass is 15.1. The maximum atomic E-state index is 2.77. The lowest BCUT2D eigenvalue weighted by Gasteiger charge is -2.35. The van der Waals surface area contributed by atoms with Gasteiger partial charge < -0.3 is 9.80 Å². The predicted molar refractivity (Wildman–Crippen MR) is 159 cm³/mol. The van der Waals surface area contributed by atoms with Crippen molar-refractivity contribution in [2.75, 3.05) is 39.8 Å². The number of hydrogen-bond acceptors (Lipinski definition) is 2. The van der Waals surface area contributed by atoms with Crippen molar-refractivity contribution in [2.45, 2.75) is 156 Å². The Morgan fingerprint density at radius 3 is 1.74 bits per heavy atom. The highest BCUT2D eigenvalue weighted by Gasteiger charge is 2.21. The Bertz CT molecular complexity index is 429. The molecule has 0 spiro atoms. The van der Waals surface area contributed by atoms with Crippen LogP contribution in [0, 0.1) is 17.8 Å². The molecule has 0 radical (unpaired) electrons. The molecule has 0 aromatic carbocycles. The lowest BCUT2D eigenvalue weighted by molar-refractivity contribution is 0.142. The number of piperidine rings is 1. The van der Waals surface area contributed by atoms with Gasteiger partial charge in [-0.15, -0.1) is 0 Å². The van der Waals surface area contributed by atoms with Gasteiger partial charge in [-0.25, -0.2) is 0 Å². The number of unbranched alkanes of at least 4 members (excludes halogenated alkanes) is 10. The van der Waals surface area contributed by atoms with Gasteiger partial charge >= 0.3 is 0 Å². The summed E-state index contributed by atoms with van der Waals surface area (Å²) in [5, 5.41) is 0. The Morgan fingerprint density at radius 1 is 0.657 bits per heavy atom. The van der Waals surface area contributed by atoms with Crippen LogP contribution in [0.1, 0.15) is 156 Å². The molecule has 0 aromatic heterocycles. The lowest BCUT2D eigenvalue weighted by atomic mass is 9.92. The van der Waals surface area contributed by atoms with Crippen LogP contribution in [0.25, 0.3) is 0 Å². The van der Waals surface area contributed by atoms with E-state index in [2.05, 4.69) is 44.5 Å². The number of rotatable bonds is 24. The van der Waals surface area contributed by atoms with Crippen LogP contribution in [0.3, 0.4) is 0 Å². The van der Waals surface area contributed by atoms with Crippen LogP contribution >= 0.6 is 0 Å². The van der Waals surface area contributed by atoms with Gasteiger partial charge in [0, 0.05) is 13.1 Å². The largest absolute Gasteiger partial charge is 0.306 e. The maximum Gasteiger partial charge on any atom is 0.000767 e. The molecule has 0 aromatic rings. The Kier molecular flexibility index (Phi) is 21.7. The molecule has 1 aliphatic rings. The zero-order chi connectivity index (χ0) is 25.6. The molecule has 1 aliphatic heterocycles. The molecule has 1 fully saturated rings. The van der Waals surface area contributed by atoms with E-state index in [9.17, 15) is 0 Å². The van der Waals surface area contributed by atoms with E-state index < -0.39 is 0 Å². The third-order valence-corrected chi connectivity index (χ3v) is 8.75. The standard InChI is InChI=1S/C33H68N2/c1-6-9-12-14-17-23-32(22-16-13-10-7-2)29-34(5)30-33-24-27-35(28-25-33)26-19-18-21-31(4)20-15-11-8-3/h31-33H,6-30H2,1-5H3. The number of nitrogens with zero attached hydrogens (tertiary/aromatic N) is 2. The van der Waals surface area contributed by atoms with Gasteiger partial charge in [0.1, 0.15) is 0 Å². The molecule has 2 nitrogen and oxygen atoms in total. The summed E-state index contributed by atoms with van der Waals surface area (Å²) in [7, 11) is 2.42. The van der Waals surface area contributed by atoms with Crippen molar-refractivity contribution in [3.8, 4) is 0 Å². The van der Waals surface area contributed by atoms with Crippen molar-refractivity contribution in [1.29, 1.82) is 0 Å². The van der Waals surface area contributed by atoms with Crippen molar-refractivity contribution in [1.82, 2.24) is 9.80 Å². The van der Waals surface area contributed by atoms with Crippen LogP contribution in [-0.4, -0.2) is 49.6 Å². The van der Waals surface area contributed by atoms with E-state index in [0.29, 0.717) is 0 Å². The summed E-state index contributed by atoms with van der Waals surface area (Å²) in [6, 6.07) is 0. The Morgan fingerprint density at radius 2 is 1.14 bits per heavy atom. The van der Waals surface area contributed by atoms with Crippen LogP contribution in [0.5, 0.6) is 0 Å². The minimum absolute atomic E-state index is 0.931. The molecule has 1 heterocycles. The molecule has 2 unspecified atom stereocenters. The van der Waals surface area contributed by atoms with Crippen molar-refractivity contribution < 1.29 is 0 Å². The normalized spacial score (nSPS) is 17.3. The summed E-state index contributed by atoms with van der Waals surface area (Å²) in [6.07, 6.45) is 28.6. The van der Waals surface area contributed by atoms with Gasteiger partial charge in [-0.3, -0.25) is 0 Å². The van der Waals surface area contributed by atoms with E-state index in [1.54, 1.807) is 0 Å². The molecule has 210 valence electrons. The van der Waals surface area contributed by atoms with E-state index in [4.69, 9.17) is 0 Å². The first-order valence-corrected chi connectivity index (χ1v) is 16.5. The van der Waals surface area contributed by atoms with Crippen molar-refractivity contribution in [2.24, 2.45) is 17.8 Å². The monoisotopic (exact) mass is 493 g/mol. The van der Waals surface area contributed by atoms with Gasteiger partial charge in [0.25, 0.3) is 0 Å². The smallest absolute Gasteiger partial charge is 0.000767 e. The van der Waals surface area contributed by atoms with E-state index in [1.165, 1.54) is 161 Å². The Labute approximate surface area is 223 Å². The molecule has 35 heavy (non-hydrogen) atoms. The van der Waals surface area contributed by atoms with E-state index in [1.807, 2.05) is 0 Å². The number of hydrogen-bond donors (Lipinski definition) is 0. The second-order valence-corrected chi connectivity index (χ2v) is 12.5. The quantitative estimate of drug-likeness (QED) is 0.124. The highest BCUT2D eigenvalue weighted by molar-refractivity contribution is 4.76. The minimum atomic E-state index is 0.931. The summed E-state index contributed by atoms with van der Waals surface area (Å²) in [6.45, 7) is 16.2. The minimum Gasteiger partial charge on any atom is -0.306 e. The Balaban J connectivity index is 2.20. The molecule has 0 aliphatic carbocycles. The molecular formula is C33H68N2. The summed E-state index contributed by atoms with van der Waals surface area (Å²) in [5.74, 6) is 2.80. The van der Waals surface area contributed by atoms with Crippen LogP contribution in [0.4, 0.5) is 0 Å². The second-order valence-electron chi connectivity index (χ2n) is 12.5. The fourth-order valence-corrected chi connectivity index (χ4v) is 6.29. The fourth-order valence-electron chi connectivity index (χ4n) is 6.29. The summed E-state index contributed by atoms with van der Waals surface area (Å²) in [4.78, 5) is 5.49. The van der Waals surface area contributed by atoms with Crippen LogP contribution < -0.4 is 0 Å². The average Bonchev–Trinajstić information content (AvgIpc) is 2.85. The molecular weight excluding hydrogens is 424 g/mol. The SMILES string of the molecule is CCCCCCCC(CCCCCC)CN(C)CC1CCN(CCCCC(C)CCCCC)CC1. The third-order valence-electron chi connectivity index (χ3n) is 8.75. The first-order valence-electron chi connectivity index (χ1n) is 16.5. The molecule has 1 rings (SSSR count). The summed E-state index contributed by atoms with van der Waals surface area (Å²) < 4.78 is 0. The molecule has 1 saturated heterocycles. The van der Waals surface area contributed by atoms with Gasteiger partial charge in [0.2, 0.25) is 0 Å². The van der Waals surface area contributed by atoms with Crippen LogP contribution in [-0.2, 0) is 0 Å². The van der Waals surface area contributed by atoms with Gasteiger partial charge in [-0.2, -0.15) is 0 Å². The maximum absolute atomic E-state index is 2.77. The zero-order valence-electron chi connectivity index (χ0n) is 25.3. The van der Waals surface area contributed by atoms with Gasteiger partial charge in [-0.1, -0.05) is 124 Å². The van der Waals surface area contributed by atoms with Gasteiger partial charge in [0.05, 0.1) is 0 Å². The first kappa shape index (κ1) is 32.9. The molecule has 0 N–H and O–H groups in total. The van der Waals surface area contributed by atoms with E-state index in [-0.39, 0.29) is 0 Å². The van der Waals surface area contributed by atoms with Gasteiger partial charge in [0.15, 0.2) is 0 Å². The summed E-state index contributed by atoms with van der Waals surface area (Å²) >= 11 is 0. The molecule has 2 atom stereocenters. The van der Waals surface area contributed by atoms with Crippen molar-refractivity contribution in [3.05, 3.63) is 0 Å². The third kappa shape index (κ3) is 18.8. The first-order chi connectivity index (χ1) is 17.1. The van der Waals surface area contributed by atoms with Crippen LogP contribution in [0.15, 0.2) is 0 Å². The lowest BCUT2D eigenvalue weighted by Crippen LogP contribution is -2.39. The fraction of sp³-hybridized carbons (Fsp3) is 1.00. The van der Waals surface area contributed by atoms with E-state index in [0.717, 1.165) is 17.8 Å². The number of likely N-dealkylation sites (tertiary alicyclic amines) is 1. The Hall–Kier alpha value is -0.0800. The van der Waals surface area contributed by atoms with Crippen LogP contribution in [0.2, 0.25) is 0 Å². The summed E-state index contributed by atoms with van der Waals surface area (Å²) in [5.41, 5.74) is 0. The molecule has 0 amide bonds. The predicted octanol–water partition coefficient (Wildman–Crippen LogP) is 9.96. The second kappa shape index (κ2) is 23.1. The average molecular weight is 493 g/mol.